The van der Waals surface area contributed by atoms with E-state index in [-0.39, 0.29) is 27.8 Å². The van der Waals surface area contributed by atoms with E-state index in [2.05, 4.69) is 10.4 Å². The Morgan fingerprint density at radius 2 is 1.93 bits per heavy atom. The maximum absolute atomic E-state index is 12.6. The Morgan fingerprint density at radius 3 is 2.55 bits per heavy atom. The Morgan fingerprint density at radius 1 is 1.21 bits per heavy atom. The zero-order valence-electron chi connectivity index (χ0n) is 16.3. The van der Waals surface area contributed by atoms with Gasteiger partial charge >= 0.3 is 0 Å². The number of hydrogen-bond donors (Lipinski definition) is 1. The highest BCUT2D eigenvalue weighted by Crippen LogP contribution is 2.32. The van der Waals surface area contributed by atoms with Crippen LogP contribution < -0.4 is 10.1 Å². The number of amides is 1. The number of nitrogens with zero attached hydrogens (tertiary/aromatic N) is 3. The molecule has 2 aromatic carbocycles. The van der Waals surface area contributed by atoms with Gasteiger partial charge in [0, 0.05) is 19.2 Å². The Kier molecular flexibility index (Phi) is 5.56. The highest BCUT2D eigenvalue weighted by atomic mass is 35.5. The van der Waals surface area contributed by atoms with Gasteiger partial charge in [0.05, 0.1) is 27.4 Å². The topological polar surface area (TPSA) is 99.3 Å². The molecule has 0 atom stereocenters. The summed E-state index contributed by atoms with van der Waals surface area (Å²) < 4.78 is 7.34. The summed E-state index contributed by atoms with van der Waals surface area (Å²) in [4.78, 5) is 23.4. The molecule has 0 aliphatic rings. The molecule has 0 radical (unpaired) electrons. The molecule has 1 aromatic heterocycles. The van der Waals surface area contributed by atoms with Crippen molar-refractivity contribution in [2.75, 3.05) is 5.32 Å². The molecule has 0 bridgehead atoms. The van der Waals surface area contributed by atoms with Gasteiger partial charge in [-0.05, 0) is 38.0 Å². The van der Waals surface area contributed by atoms with Crippen molar-refractivity contribution in [1.29, 1.82) is 0 Å². The molecule has 29 heavy (non-hydrogen) atoms. The summed E-state index contributed by atoms with van der Waals surface area (Å²) >= 11 is 6.15. The predicted octanol–water partition coefficient (Wildman–Crippen LogP) is 4.95. The van der Waals surface area contributed by atoms with Crippen LogP contribution in [-0.4, -0.2) is 20.6 Å². The number of hydrogen-bond acceptors (Lipinski definition) is 5. The Hall–Kier alpha value is -3.39. The number of halogens is 1. The standard InChI is InChI=1S/C20H19ClN4O4/c1-11-5-6-12(2)17(7-11)29-16-9-14(8-15(10-16)25(27)28)22-20(26)19-18(21)13(3)24(4)23-19/h5-10H,1-4H3,(H,22,26). The molecule has 9 heteroatoms. The SMILES string of the molecule is Cc1ccc(C)c(Oc2cc(NC(=O)c3nn(C)c(C)c3Cl)cc([N+](=O)[O-])c2)c1. The Labute approximate surface area is 172 Å². The lowest BCUT2D eigenvalue weighted by molar-refractivity contribution is -0.384. The number of carbonyl (C=O) groups is 1. The van der Waals surface area contributed by atoms with E-state index in [1.807, 2.05) is 32.0 Å². The van der Waals surface area contributed by atoms with Gasteiger partial charge in [-0.1, -0.05) is 23.7 Å². The minimum absolute atomic E-state index is 0.0372. The van der Waals surface area contributed by atoms with Crippen LogP contribution in [0.25, 0.3) is 0 Å². The largest absolute Gasteiger partial charge is 0.457 e. The fourth-order valence-corrected chi connectivity index (χ4v) is 2.93. The summed E-state index contributed by atoms with van der Waals surface area (Å²) in [6.07, 6.45) is 0. The van der Waals surface area contributed by atoms with Gasteiger partial charge < -0.3 is 10.1 Å². The van der Waals surface area contributed by atoms with Crippen LogP contribution in [0.1, 0.15) is 27.3 Å². The van der Waals surface area contributed by atoms with Gasteiger partial charge in [0.25, 0.3) is 11.6 Å². The van der Waals surface area contributed by atoms with Gasteiger partial charge in [-0.3, -0.25) is 19.6 Å². The van der Waals surface area contributed by atoms with E-state index < -0.39 is 10.8 Å². The Balaban J connectivity index is 1.94. The molecule has 0 saturated heterocycles. The maximum atomic E-state index is 12.6. The lowest BCUT2D eigenvalue weighted by atomic mass is 10.1. The summed E-state index contributed by atoms with van der Waals surface area (Å²) in [5.41, 5.74) is 2.52. The monoisotopic (exact) mass is 414 g/mol. The number of carbonyl (C=O) groups excluding carboxylic acids is 1. The van der Waals surface area contributed by atoms with Crippen LogP contribution >= 0.6 is 11.6 Å². The van der Waals surface area contributed by atoms with Crippen molar-refractivity contribution in [2.45, 2.75) is 20.8 Å². The fourth-order valence-electron chi connectivity index (χ4n) is 2.68. The molecule has 0 spiro atoms. The van der Waals surface area contributed by atoms with E-state index in [9.17, 15) is 14.9 Å². The number of benzene rings is 2. The normalized spacial score (nSPS) is 10.7. The van der Waals surface area contributed by atoms with E-state index in [0.29, 0.717) is 11.4 Å². The minimum Gasteiger partial charge on any atom is -0.457 e. The number of aromatic nitrogens is 2. The van der Waals surface area contributed by atoms with Gasteiger partial charge in [0.15, 0.2) is 5.69 Å². The van der Waals surface area contributed by atoms with Crippen LogP contribution in [0, 0.1) is 30.9 Å². The average Bonchev–Trinajstić information content (AvgIpc) is 2.92. The van der Waals surface area contributed by atoms with Crippen LogP contribution in [-0.2, 0) is 7.05 Å². The molecule has 0 aliphatic carbocycles. The molecule has 3 rings (SSSR count). The Bertz CT molecular complexity index is 1120. The van der Waals surface area contributed by atoms with Gasteiger partial charge in [-0.25, -0.2) is 0 Å². The maximum Gasteiger partial charge on any atom is 0.277 e. The first-order chi connectivity index (χ1) is 13.7. The first-order valence-electron chi connectivity index (χ1n) is 8.70. The van der Waals surface area contributed by atoms with Crippen molar-refractivity contribution < 1.29 is 14.5 Å². The van der Waals surface area contributed by atoms with Crippen LogP contribution in [0.4, 0.5) is 11.4 Å². The molecular weight excluding hydrogens is 396 g/mol. The number of nitro benzene ring substituents is 1. The lowest BCUT2D eigenvalue weighted by Crippen LogP contribution is -2.13. The van der Waals surface area contributed by atoms with E-state index in [4.69, 9.17) is 16.3 Å². The van der Waals surface area contributed by atoms with Crippen molar-refractivity contribution in [3.63, 3.8) is 0 Å². The van der Waals surface area contributed by atoms with Crippen molar-refractivity contribution in [3.05, 3.63) is 74.0 Å². The number of nitrogens with one attached hydrogen (secondary N) is 1. The summed E-state index contributed by atoms with van der Waals surface area (Å²) in [5, 5.41) is 18.2. The number of ether oxygens (including phenoxy) is 1. The second-order valence-corrected chi connectivity index (χ2v) is 7.05. The summed E-state index contributed by atoms with van der Waals surface area (Å²) in [6, 6.07) is 9.74. The zero-order chi connectivity index (χ0) is 21.3. The van der Waals surface area contributed by atoms with E-state index in [1.54, 1.807) is 14.0 Å². The lowest BCUT2D eigenvalue weighted by Gasteiger charge is -2.11. The van der Waals surface area contributed by atoms with Crippen molar-refractivity contribution in [2.24, 2.45) is 7.05 Å². The minimum atomic E-state index is -0.572. The van der Waals surface area contributed by atoms with Crippen LogP contribution in [0.2, 0.25) is 5.02 Å². The highest BCUT2D eigenvalue weighted by Gasteiger charge is 2.20. The number of anilines is 1. The molecule has 150 valence electrons. The zero-order valence-corrected chi connectivity index (χ0v) is 17.1. The summed E-state index contributed by atoms with van der Waals surface area (Å²) in [5.74, 6) is 0.231. The van der Waals surface area contributed by atoms with Crippen molar-refractivity contribution in [3.8, 4) is 11.5 Å². The number of aryl methyl sites for hydroxylation is 3. The molecule has 0 aliphatic heterocycles. The van der Waals surface area contributed by atoms with E-state index in [1.165, 1.54) is 22.9 Å². The third-order valence-electron chi connectivity index (χ3n) is 4.41. The fraction of sp³-hybridized carbons (Fsp3) is 0.200. The summed E-state index contributed by atoms with van der Waals surface area (Å²) in [6.45, 7) is 5.53. The third kappa shape index (κ3) is 4.38. The van der Waals surface area contributed by atoms with Gasteiger partial charge in [-0.2, -0.15) is 5.10 Å². The molecule has 3 aromatic rings. The molecule has 1 heterocycles. The molecule has 1 N–H and O–H groups in total. The van der Waals surface area contributed by atoms with Gasteiger partial charge in [-0.15, -0.1) is 0 Å². The van der Waals surface area contributed by atoms with Crippen molar-refractivity contribution >= 4 is 28.9 Å². The van der Waals surface area contributed by atoms with E-state index >= 15 is 0 Å². The third-order valence-corrected chi connectivity index (χ3v) is 4.86. The average molecular weight is 415 g/mol. The molecule has 8 nitrogen and oxygen atoms in total. The first-order valence-corrected chi connectivity index (χ1v) is 9.08. The van der Waals surface area contributed by atoms with Crippen LogP contribution in [0.15, 0.2) is 36.4 Å². The molecule has 0 fully saturated rings. The van der Waals surface area contributed by atoms with Crippen LogP contribution in [0.3, 0.4) is 0 Å². The molecular formula is C20H19ClN4O4. The smallest absolute Gasteiger partial charge is 0.277 e. The molecule has 0 unspecified atom stereocenters. The number of rotatable bonds is 5. The molecule has 0 saturated carbocycles. The number of non-ortho nitro benzene ring substituents is 1. The highest BCUT2D eigenvalue weighted by molar-refractivity contribution is 6.34. The van der Waals surface area contributed by atoms with E-state index in [0.717, 1.165) is 11.1 Å². The number of nitro groups is 1. The van der Waals surface area contributed by atoms with Crippen LogP contribution in [0.5, 0.6) is 11.5 Å². The quantitative estimate of drug-likeness (QED) is 0.470. The van der Waals surface area contributed by atoms with Crippen molar-refractivity contribution in [1.82, 2.24) is 9.78 Å². The van der Waals surface area contributed by atoms with Gasteiger partial charge in [0.1, 0.15) is 11.5 Å². The second-order valence-electron chi connectivity index (χ2n) is 6.67. The van der Waals surface area contributed by atoms with Gasteiger partial charge in [0.2, 0.25) is 0 Å². The summed E-state index contributed by atoms with van der Waals surface area (Å²) in [7, 11) is 1.67. The molecule has 1 amide bonds. The predicted molar refractivity (Wildman–Crippen MR) is 110 cm³/mol. The second kappa shape index (κ2) is 7.92. The first kappa shape index (κ1) is 20.3.